The van der Waals surface area contributed by atoms with E-state index in [1.165, 1.54) is 11.1 Å². The number of amides is 1. The number of hydrogen-bond acceptors (Lipinski definition) is 2. The van der Waals surface area contributed by atoms with Crippen molar-refractivity contribution in [1.82, 2.24) is 5.32 Å². The molecule has 1 aromatic rings. The standard InChI is InChI=1S/C16H25NO2/c1-5-10-17-16(18)19-15(12(2)3)11-14-9-7-6-8-13(14)4/h6-9,12,15H,5,10-11H2,1-4H3,(H,17,18)/t15-/m1/s1. The molecule has 0 aromatic heterocycles. The van der Waals surface area contributed by atoms with Crippen LogP contribution in [0.3, 0.4) is 0 Å². The van der Waals surface area contributed by atoms with Gasteiger partial charge in [-0.2, -0.15) is 0 Å². The molecule has 19 heavy (non-hydrogen) atoms. The molecule has 0 saturated heterocycles. The van der Waals surface area contributed by atoms with Crippen LogP contribution in [0, 0.1) is 12.8 Å². The largest absolute Gasteiger partial charge is 0.446 e. The molecule has 0 aliphatic rings. The number of nitrogens with one attached hydrogen (secondary N) is 1. The van der Waals surface area contributed by atoms with E-state index < -0.39 is 0 Å². The molecular formula is C16H25NO2. The van der Waals surface area contributed by atoms with E-state index in [1.54, 1.807) is 0 Å². The van der Waals surface area contributed by atoms with Crippen molar-refractivity contribution in [3.8, 4) is 0 Å². The van der Waals surface area contributed by atoms with E-state index in [-0.39, 0.29) is 12.2 Å². The van der Waals surface area contributed by atoms with Crippen molar-refractivity contribution in [3.63, 3.8) is 0 Å². The summed E-state index contributed by atoms with van der Waals surface area (Å²) in [5.41, 5.74) is 2.48. The second-order valence-electron chi connectivity index (χ2n) is 5.25. The number of ether oxygens (including phenoxy) is 1. The van der Waals surface area contributed by atoms with Crippen LogP contribution in [0.15, 0.2) is 24.3 Å². The first kappa shape index (κ1) is 15.5. The van der Waals surface area contributed by atoms with Gasteiger partial charge in [0.2, 0.25) is 0 Å². The number of alkyl carbamates (subject to hydrolysis) is 1. The zero-order chi connectivity index (χ0) is 14.3. The average molecular weight is 263 g/mol. The Bertz CT molecular complexity index is 401. The highest BCUT2D eigenvalue weighted by atomic mass is 16.6. The van der Waals surface area contributed by atoms with E-state index in [0.29, 0.717) is 12.5 Å². The molecule has 0 unspecified atom stereocenters. The minimum Gasteiger partial charge on any atom is -0.446 e. The fourth-order valence-corrected chi connectivity index (χ4v) is 1.88. The molecule has 0 saturated carbocycles. The van der Waals surface area contributed by atoms with Gasteiger partial charge in [-0.15, -0.1) is 0 Å². The maximum absolute atomic E-state index is 11.7. The van der Waals surface area contributed by atoms with Crippen molar-refractivity contribution < 1.29 is 9.53 Å². The lowest BCUT2D eigenvalue weighted by molar-refractivity contribution is 0.0713. The molecule has 1 amide bonds. The van der Waals surface area contributed by atoms with Crippen molar-refractivity contribution >= 4 is 6.09 Å². The molecule has 3 heteroatoms. The summed E-state index contributed by atoms with van der Waals surface area (Å²) >= 11 is 0. The summed E-state index contributed by atoms with van der Waals surface area (Å²) in [6, 6.07) is 8.23. The Morgan fingerprint density at radius 2 is 2.00 bits per heavy atom. The SMILES string of the molecule is CCCNC(=O)O[C@H](Cc1ccccc1C)C(C)C. The molecule has 3 nitrogen and oxygen atoms in total. The maximum Gasteiger partial charge on any atom is 0.407 e. The van der Waals surface area contributed by atoms with Crippen LogP contribution in [0.1, 0.15) is 38.3 Å². The Morgan fingerprint density at radius 3 is 2.58 bits per heavy atom. The lowest BCUT2D eigenvalue weighted by Crippen LogP contribution is -2.33. The third-order valence-corrected chi connectivity index (χ3v) is 3.20. The topological polar surface area (TPSA) is 38.3 Å². The monoisotopic (exact) mass is 263 g/mol. The summed E-state index contributed by atoms with van der Waals surface area (Å²) in [6.45, 7) is 8.93. The molecular weight excluding hydrogens is 238 g/mol. The highest BCUT2D eigenvalue weighted by Crippen LogP contribution is 2.16. The first-order valence-electron chi connectivity index (χ1n) is 7.03. The van der Waals surface area contributed by atoms with Crippen molar-refractivity contribution in [2.45, 2.75) is 46.6 Å². The van der Waals surface area contributed by atoms with E-state index in [2.05, 4.69) is 38.2 Å². The van der Waals surface area contributed by atoms with E-state index >= 15 is 0 Å². The second-order valence-corrected chi connectivity index (χ2v) is 5.25. The molecule has 0 heterocycles. The zero-order valence-electron chi connectivity index (χ0n) is 12.4. The third kappa shape index (κ3) is 5.33. The number of benzene rings is 1. The lowest BCUT2D eigenvalue weighted by Gasteiger charge is -2.22. The summed E-state index contributed by atoms with van der Waals surface area (Å²) in [5, 5.41) is 2.76. The third-order valence-electron chi connectivity index (χ3n) is 3.20. The van der Waals surface area contributed by atoms with Crippen LogP contribution in [-0.2, 0) is 11.2 Å². The highest BCUT2D eigenvalue weighted by molar-refractivity contribution is 5.67. The minimum atomic E-state index is -0.311. The number of hydrogen-bond donors (Lipinski definition) is 1. The number of carbonyl (C=O) groups excluding carboxylic acids is 1. The van der Waals surface area contributed by atoms with Crippen LogP contribution in [0.4, 0.5) is 4.79 Å². The Balaban J connectivity index is 2.63. The Hall–Kier alpha value is -1.51. The van der Waals surface area contributed by atoms with Crippen molar-refractivity contribution in [1.29, 1.82) is 0 Å². The minimum absolute atomic E-state index is 0.0852. The van der Waals surface area contributed by atoms with Crippen LogP contribution < -0.4 is 5.32 Å². The number of carbonyl (C=O) groups is 1. The van der Waals surface area contributed by atoms with Gasteiger partial charge in [0, 0.05) is 13.0 Å². The van der Waals surface area contributed by atoms with Gasteiger partial charge in [0.05, 0.1) is 0 Å². The fraction of sp³-hybridized carbons (Fsp3) is 0.562. The smallest absolute Gasteiger partial charge is 0.407 e. The van der Waals surface area contributed by atoms with Gasteiger partial charge in [-0.1, -0.05) is 45.0 Å². The van der Waals surface area contributed by atoms with Crippen LogP contribution >= 0.6 is 0 Å². The van der Waals surface area contributed by atoms with Gasteiger partial charge in [-0.3, -0.25) is 0 Å². The zero-order valence-corrected chi connectivity index (χ0v) is 12.4. The van der Waals surface area contributed by atoms with Gasteiger partial charge in [-0.05, 0) is 30.4 Å². The van der Waals surface area contributed by atoms with E-state index in [0.717, 1.165) is 12.8 Å². The van der Waals surface area contributed by atoms with Crippen molar-refractivity contribution in [2.75, 3.05) is 6.54 Å². The summed E-state index contributed by atoms with van der Waals surface area (Å²) in [5.74, 6) is 0.298. The quantitative estimate of drug-likeness (QED) is 0.850. The molecule has 0 radical (unpaired) electrons. The molecule has 1 aromatic carbocycles. The molecule has 1 rings (SSSR count). The van der Waals surface area contributed by atoms with Crippen LogP contribution in [0.5, 0.6) is 0 Å². The molecule has 0 spiro atoms. The van der Waals surface area contributed by atoms with Crippen LogP contribution in [-0.4, -0.2) is 18.7 Å². The van der Waals surface area contributed by atoms with Crippen molar-refractivity contribution in [2.24, 2.45) is 5.92 Å². The molecule has 106 valence electrons. The Kier molecular flexibility index (Phi) is 6.40. The van der Waals surface area contributed by atoms with Gasteiger partial charge in [0.25, 0.3) is 0 Å². The van der Waals surface area contributed by atoms with Crippen LogP contribution in [0.2, 0.25) is 0 Å². The Labute approximate surface area is 116 Å². The normalized spacial score (nSPS) is 12.3. The van der Waals surface area contributed by atoms with E-state index in [9.17, 15) is 4.79 Å². The van der Waals surface area contributed by atoms with Gasteiger partial charge in [0.15, 0.2) is 0 Å². The number of aryl methyl sites for hydroxylation is 1. The maximum atomic E-state index is 11.7. The van der Waals surface area contributed by atoms with Gasteiger partial charge >= 0.3 is 6.09 Å². The van der Waals surface area contributed by atoms with Crippen molar-refractivity contribution in [3.05, 3.63) is 35.4 Å². The fourth-order valence-electron chi connectivity index (χ4n) is 1.88. The van der Waals surface area contributed by atoms with Crippen LogP contribution in [0.25, 0.3) is 0 Å². The predicted molar refractivity (Wildman–Crippen MR) is 78.3 cm³/mol. The van der Waals surface area contributed by atoms with E-state index in [1.807, 2.05) is 19.1 Å². The molecule has 0 aliphatic heterocycles. The first-order valence-corrected chi connectivity index (χ1v) is 7.03. The number of rotatable bonds is 6. The highest BCUT2D eigenvalue weighted by Gasteiger charge is 2.19. The molecule has 0 fully saturated rings. The average Bonchev–Trinajstić information content (AvgIpc) is 2.38. The molecule has 1 atom stereocenters. The summed E-state index contributed by atoms with van der Waals surface area (Å²) in [6.07, 6.45) is 1.29. The molecule has 0 aliphatic carbocycles. The Morgan fingerprint density at radius 1 is 1.32 bits per heavy atom. The summed E-state index contributed by atoms with van der Waals surface area (Å²) in [7, 11) is 0. The lowest BCUT2D eigenvalue weighted by atomic mass is 9.96. The van der Waals surface area contributed by atoms with E-state index in [4.69, 9.17) is 4.74 Å². The van der Waals surface area contributed by atoms with Gasteiger partial charge < -0.3 is 10.1 Å². The summed E-state index contributed by atoms with van der Waals surface area (Å²) in [4.78, 5) is 11.7. The van der Waals surface area contributed by atoms with Gasteiger partial charge in [-0.25, -0.2) is 4.79 Å². The molecule has 1 N–H and O–H groups in total. The second kappa shape index (κ2) is 7.82. The molecule has 0 bridgehead atoms. The predicted octanol–water partition coefficient (Wildman–Crippen LogP) is 3.70. The van der Waals surface area contributed by atoms with Gasteiger partial charge in [0.1, 0.15) is 6.10 Å². The first-order chi connectivity index (χ1) is 9.04. The summed E-state index contributed by atoms with van der Waals surface area (Å²) < 4.78 is 5.52.